The molecule has 1 aromatic rings. The molecule has 2 N–H and O–H groups in total. The van der Waals surface area contributed by atoms with Crippen LogP contribution in [0.4, 0.5) is 5.82 Å². The van der Waals surface area contributed by atoms with E-state index in [0.717, 1.165) is 6.42 Å². The van der Waals surface area contributed by atoms with Crippen LogP contribution in [0.2, 0.25) is 0 Å². The first kappa shape index (κ1) is 14.6. The van der Waals surface area contributed by atoms with Gasteiger partial charge in [-0.3, -0.25) is 14.3 Å². The van der Waals surface area contributed by atoms with Gasteiger partial charge in [-0.1, -0.05) is 32.6 Å². The number of aliphatic carboxylic acids is 1. The number of hydrogen-bond acceptors (Lipinski definition) is 3. The van der Waals surface area contributed by atoms with E-state index in [1.165, 1.54) is 30.4 Å². The highest BCUT2D eigenvalue weighted by Gasteiger charge is 2.22. The molecule has 20 heavy (non-hydrogen) atoms. The molecule has 1 aromatic heterocycles. The summed E-state index contributed by atoms with van der Waals surface area (Å²) in [4.78, 5) is 22.6. The van der Waals surface area contributed by atoms with Gasteiger partial charge in [0, 0.05) is 18.2 Å². The third-order valence-electron chi connectivity index (χ3n) is 3.80. The van der Waals surface area contributed by atoms with Gasteiger partial charge in [0.05, 0.1) is 0 Å². The summed E-state index contributed by atoms with van der Waals surface area (Å²) in [5.74, 6) is 0.0376. The molecule has 1 saturated carbocycles. The average molecular weight is 279 g/mol. The van der Waals surface area contributed by atoms with Gasteiger partial charge in [-0.2, -0.15) is 5.10 Å². The van der Waals surface area contributed by atoms with E-state index in [2.05, 4.69) is 10.4 Å². The topological polar surface area (TPSA) is 84.2 Å². The number of carbonyl (C=O) groups excluding carboxylic acids is 1. The molecule has 6 nitrogen and oxygen atoms in total. The molecule has 1 aliphatic rings. The Bertz CT molecular complexity index is 478. The SMILES string of the molecule is CC(CC1CCCC1)C(=O)Nc1ccn(CC(=O)O)n1. The molecule has 1 aliphatic carbocycles. The standard InChI is InChI=1S/C14H21N3O3/c1-10(8-11-4-2-3-5-11)14(20)15-12-6-7-17(16-12)9-13(18)19/h6-7,10-11H,2-5,8-9H2,1H3,(H,18,19)(H,15,16,20). The van der Waals surface area contributed by atoms with Crippen LogP contribution in [-0.4, -0.2) is 26.8 Å². The van der Waals surface area contributed by atoms with Crippen LogP contribution in [0.15, 0.2) is 12.3 Å². The molecule has 1 amide bonds. The molecule has 1 heterocycles. The fraction of sp³-hybridized carbons (Fsp3) is 0.643. The molecule has 0 aromatic carbocycles. The number of hydrogen-bond donors (Lipinski definition) is 2. The summed E-state index contributed by atoms with van der Waals surface area (Å²) in [6, 6.07) is 1.61. The Balaban J connectivity index is 1.83. The average Bonchev–Trinajstić information content (AvgIpc) is 3.00. The van der Waals surface area contributed by atoms with Crippen molar-refractivity contribution in [2.45, 2.75) is 45.6 Å². The van der Waals surface area contributed by atoms with Gasteiger partial charge in [0.15, 0.2) is 5.82 Å². The summed E-state index contributed by atoms with van der Waals surface area (Å²) < 4.78 is 1.29. The Hall–Kier alpha value is -1.85. The number of anilines is 1. The maximum absolute atomic E-state index is 12.1. The van der Waals surface area contributed by atoms with Gasteiger partial charge in [0.25, 0.3) is 0 Å². The van der Waals surface area contributed by atoms with Gasteiger partial charge >= 0.3 is 5.97 Å². The smallest absolute Gasteiger partial charge is 0.325 e. The normalized spacial score (nSPS) is 17.1. The molecule has 1 atom stereocenters. The van der Waals surface area contributed by atoms with E-state index in [0.29, 0.717) is 11.7 Å². The highest BCUT2D eigenvalue weighted by molar-refractivity contribution is 5.91. The summed E-state index contributed by atoms with van der Waals surface area (Å²) >= 11 is 0. The number of nitrogens with zero attached hydrogens (tertiary/aromatic N) is 2. The number of carboxylic acid groups (broad SMARTS) is 1. The van der Waals surface area contributed by atoms with E-state index in [9.17, 15) is 9.59 Å². The van der Waals surface area contributed by atoms with Crippen LogP contribution < -0.4 is 5.32 Å². The second-order valence-corrected chi connectivity index (χ2v) is 5.57. The number of nitrogens with one attached hydrogen (secondary N) is 1. The molecule has 110 valence electrons. The number of aromatic nitrogens is 2. The van der Waals surface area contributed by atoms with Crippen molar-refractivity contribution in [1.82, 2.24) is 9.78 Å². The summed E-state index contributed by atoms with van der Waals surface area (Å²) in [7, 11) is 0. The van der Waals surface area contributed by atoms with E-state index in [1.54, 1.807) is 12.3 Å². The van der Waals surface area contributed by atoms with E-state index in [4.69, 9.17) is 5.11 Å². The fourth-order valence-electron chi connectivity index (χ4n) is 2.76. The summed E-state index contributed by atoms with van der Waals surface area (Å²) in [6.45, 7) is 1.73. The van der Waals surface area contributed by atoms with Crippen molar-refractivity contribution in [1.29, 1.82) is 0 Å². The molecule has 1 unspecified atom stereocenters. The Morgan fingerprint density at radius 3 is 2.85 bits per heavy atom. The predicted molar refractivity (Wildman–Crippen MR) is 74.2 cm³/mol. The van der Waals surface area contributed by atoms with E-state index >= 15 is 0 Å². The lowest BCUT2D eigenvalue weighted by molar-refractivity contribution is -0.137. The van der Waals surface area contributed by atoms with Crippen molar-refractivity contribution in [3.63, 3.8) is 0 Å². The van der Waals surface area contributed by atoms with Gasteiger partial charge in [-0.25, -0.2) is 0 Å². The zero-order valence-corrected chi connectivity index (χ0v) is 11.7. The molecule has 2 rings (SSSR count). The van der Waals surface area contributed by atoms with E-state index in [1.807, 2.05) is 6.92 Å². The van der Waals surface area contributed by atoms with Crippen molar-refractivity contribution in [2.24, 2.45) is 11.8 Å². The Kier molecular flexibility index (Phi) is 4.76. The van der Waals surface area contributed by atoms with Crippen molar-refractivity contribution in [3.8, 4) is 0 Å². The predicted octanol–water partition coefficient (Wildman–Crippen LogP) is 2.12. The summed E-state index contributed by atoms with van der Waals surface area (Å²) in [5.41, 5.74) is 0. The minimum Gasteiger partial charge on any atom is -0.480 e. The Morgan fingerprint density at radius 1 is 1.50 bits per heavy atom. The van der Waals surface area contributed by atoms with Gasteiger partial charge < -0.3 is 10.4 Å². The molecule has 0 aliphatic heterocycles. The summed E-state index contributed by atoms with van der Waals surface area (Å²) in [6.07, 6.45) is 7.47. The van der Waals surface area contributed by atoms with Crippen LogP contribution in [0.1, 0.15) is 39.0 Å². The molecular formula is C14H21N3O3. The minimum absolute atomic E-state index is 0.0391. The Morgan fingerprint density at radius 2 is 2.20 bits per heavy atom. The molecule has 1 fully saturated rings. The number of carboxylic acids is 1. The van der Waals surface area contributed by atoms with Gasteiger partial charge in [0.2, 0.25) is 5.91 Å². The van der Waals surface area contributed by atoms with E-state index in [-0.39, 0.29) is 18.4 Å². The molecule has 0 bridgehead atoms. The third kappa shape index (κ3) is 4.08. The summed E-state index contributed by atoms with van der Waals surface area (Å²) in [5, 5.41) is 15.4. The molecule has 6 heteroatoms. The van der Waals surface area contributed by atoms with Crippen LogP contribution >= 0.6 is 0 Å². The second kappa shape index (κ2) is 6.54. The van der Waals surface area contributed by atoms with Gasteiger partial charge in [-0.15, -0.1) is 0 Å². The highest BCUT2D eigenvalue weighted by Crippen LogP contribution is 2.30. The first-order chi connectivity index (χ1) is 9.54. The van der Waals surface area contributed by atoms with Crippen LogP contribution in [0.3, 0.4) is 0 Å². The molecular weight excluding hydrogens is 258 g/mol. The first-order valence-electron chi connectivity index (χ1n) is 7.10. The maximum Gasteiger partial charge on any atom is 0.325 e. The van der Waals surface area contributed by atoms with Gasteiger partial charge in [-0.05, 0) is 12.3 Å². The number of rotatable bonds is 6. The van der Waals surface area contributed by atoms with Crippen LogP contribution in [0, 0.1) is 11.8 Å². The Labute approximate surface area is 118 Å². The monoisotopic (exact) mass is 279 g/mol. The van der Waals surface area contributed by atoms with Crippen molar-refractivity contribution in [2.75, 3.05) is 5.32 Å². The van der Waals surface area contributed by atoms with Crippen LogP contribution in [-0.2, 0) is 16.1 Å². The van der Waals surface area contributed by atoms with Crippen molar-refractivity contribution >= 4 is 17.7 Å². The van der Waals surface area contributed by atoms with Crippen LogP contribution in [0.25, 0.3) is 0 Å². The number of carbonyl (C=O) groups is 2. The van der Waals surface area contributed by atoms with E-state index < -0.39 is 5.97 Å². The first-order valence-corrected chi connectivity index (χ1v) is 7.10. The zero-order valence-electron chi connectivity index (χ0n) is 11.7. The minimum atomic E-state index is -0.958. The lowest BCUT2D eigenvalue weighted by atomic mass is 9.94. The third-order valence-corrected chi connectivity index (χ3v) is 3.80. The fourth-order valence-corrected chi connectivity index (χ4v) is 2.76. The second-order valence-electron chi connectivity index (χ2n) is 5.57. The van der Waals surface area contributed by atoms with Crippen molar-refractivity contribution in [3.05, 3.63) is 12.3 Å². The lowest BCUT2D eigenvalue weighted by Gasteiger charge is -2.15. The van der Waals surface area contributed by atoms with Crippen LogP contribution in [0.5, 0.6) is 0 Å². The molecule has 0 radical (unpaired) electrons. The zero-order chi connectivity index (χ0) is 14.5. The quantitative estimate of drug-likeness (QED) is 0.835. The number of amides is 1. The van der Waals surface area contributed by atoms with Crippen molar-refractivity contribution < 1.29 is 14.7 Å². The van der Waals surface area contributed by atoms with Gasteiger partial charge in [0.1, 0.15) is 6.54 Å². The highest BCUT2D eigenvalue weighted by atomic mass is 16.4. The maximum atomic E-state index is 12.1. The lowest BCUT2D eigenvalue weighted by Crippen LogP contribution is -2.22. The largest absolute Gasteiger partial charge is 0.480 e. The molecule has 0 spiro atoms. The molecule has 0 saturated heterocycles.